The van der Waals surface area contributed by atoms with E-state index < -0.39 is 17.8 Å². The molecule has 1 heterocycles. The Morgan fingerprint density at radius 3 is 2.31 bits per heavy atom. The quantitative estimate of drug-likeness (QED) is 0.269. The molecule has 0 saturated heterocycles. The topological polar surface area (TPSA) is 75.7 Å². The summed E-state index contributed by atoms with van der Waals surface area (Å²) in [5.74, 6) is -1.37. The smallest absolute Gasteiger partial charge is 0.338 e. The van der Waals surface area contributed by atoms with Crippen molar-refractivity contribution in [3.05, 3.63) is 99.0 Å². The highest BCUT2D eigenvalue weighted by molar-refractivity contribution is 8.04. The van der Waals surface area contributed by atoms with Crippen LogP contribution in [0, 0.1) is 13.8 Å². The number of anilines is 2. The van der Waals surface area contributed by atoms with Crippen molar-refractivity contribution in [3.8, 4) is 0 Å². The minimum atomic E-state index is -0.481. The maximum absolute atomic E-state index is 13.6. The number of thioether (sulfide) groups is 1. The van der Waals surface area contributed by atoms with Gasteiger partial charge >= 0.3 is 5.97 Å². The van der Waals surface area contributed by atoms with Crippen molar-refractivity contribution in [1.82, 2.24) is 0 Å². The molecule has 8 heteroatoms. The maximum atomic E-state index is 13.6. The molecule has 0 radical (unpaired) electrons. The van der Waals surface area contributed by atoms with Gasteiger partial charge in [-0.15, -0.1) is 0 Å². The van der Waals surface area contributed by atoms with Crippen molar-refractivity contribution in [1.29, 1.82) is 0 Å². The summed E-state index contributed by atoms with van der Waals surface area (Å²) in [6.07, 6.45) is 0.719. The first-order valence-corrected chi connectivity index (χ1v) is 12.7. The lowest BCUT2D eigenvalue weighted by Crippen LogP contribution is -2.32. The van der Waals surface area contributed by atoms with Crippen molar-refractivity contribution in [2.75, 3.05) is 16.8 Å². The summed E-state index contributed by atoms with van der Waals surface area (Å²) < 4.78 is 5.16. The predicted octanol–water partition coefficient (Wildman–Crippen LogP) is 6.51. The van der Waals surface area contributed by atoms with E-state index >= 15 is 0 Å². The van der Waals surface area contributed by atoms with Gasteiger partial charge in [0.25, 0.3) is 11.8 Å². The minimum absolute atomic E-state index is 0.183. The van der Waals surface area contributed by atoms with E-state index in [1.165, 1.54) is 11.8 Å². The van der Waals surface area contributed by atoms with Crippen LogP contribution in [0.5, 0.6) is 0 Å². The Balaban J connectivity index is 1.68. The Labute approximate surface area is 219 Å². The van der Waals surface area contributed by atoms with Gasteiger partial charge in [0.2, 0.25) is 0 Å². The fraction of sp³-hybridized carbons (Fsp3) is 0.179. The van der Waals surface area contributed by atoms with Crippen LogP contribution in [-0.2, 0) is 14.3 Å². The molecule has 0 saturated carbocycles. The fourth-order valence-electron chi connectivity index (χ4n) is 3.60. The molecule has 0 fully saturated rings. The lowest BCUT2D eigenvalue weighted by atomic mass is 10.2. The highest BCUT2D eigenvalue weighted by Gasteiger charge is 2.40. The average Bonchev–Trinajstić information content (AvgIpc) is 3.09. The summed E-state index contributed by atoms with van der Waals surface area (Å²) in [6, 6.07) is 19.3. The van der Waals surface area contributed by atoms with Crippen LogP contribution in [0.25, 0.3) is 0 Å². The van der Waals surface area contributed by atoms with E-state index in [9.17, 15) is 14.4 Å². The molecule has 0 unspecified atom stereocenters. The van der Waals surface area contributed by atoms with Crippen LogP contribution in [0.1, 0.15) is 34.8 Å². The Bertz CT molecular complexity index is 1350. The number of benzene rings is 3. The number of nitrogens with one attached hydrogen (secondary N) is 1. The number of halogens is 1. The Hall–Kier alpha value is -3.55. The number of aryl methyl sites for hydroxylation is 2. The van der Waals surface area contributed by atoms with Crippen LogP contribution in [0.15, 0.2) is 82.2 Å². The van der Waals surface area contributed by atoms with Gasteiger partial charge in [0.05, 0.1) is 17.9 Å². The molecule has 0 bridgehead atoms. The normalized spacial score (nSPS) is 13.4. The zero-order valence-corrected chi connectivity index (χ0v) is 21.7. The van der Waals surface area contributed by atoms with Crippen LogP contribution < -0.4 is 10.2 Å². The number of hydrogen-bond donors (Lipinski definition) is 1. The van der Waals surface area contributed by atoms with Crippen molar-refractivity contribution in [2.45, 2.75) is 32.1 Å². The summed E-state index contributed by atoms with van der Waals surface area (Å²) in [4.78, 5) is 41.5. The van der Waals surface area contributed by atoms with Gasteiger partial charge in [-0.25, -0.2) is 9.69 Å². The largest absolute Gasteiger partial charge is 0.462 e. The second-order valence-corrected chi connectivity index (χ2v) is 9.85. The summed E-state index contributed by atoms with van der Waals surface area (Å²) >= 11 is 7.32. The second kappa shape index (κ2) is 11.0. The van der Waals surface area contributed by atoms with Gasteiger partial charge < -0.3 is 10.1 Å². The van der Waals surface area contributed by atoms with Crippen LogP contribution in [-0.4, -0.2) is 24.4 Å². The highest BCUT2D eigenvalue weighted by Crippen LogP contribution is 2.38. The molecule has 0 aromatic heterocycles. The molecule has 0 spiro atoms. The van der Waals surface area contributed by atoms with E-state index in [0.717, 1.165) is 27.3 Å². The zero-order valence-electron chi connectivity index (χ0n) is 20.1. The molecule has 3 aromatic carbocycles. The van der Waals surface area contributed by atoms with E-state index in [1.54, 1.807) is 42.5 Å². The van der Waals surface area contributed by atoms with Crippen molar-refractivity contribution < 1.29 is 19.1 Å². The first-order valence-electron chi connectivity index (χ1n) is 11.5. The van der Waals surface area contributed by atoms with E-state index in [-0.39, 0.29) is 10.6 Å². The second-order valence-electron chi connectivity index (χ2n) is 8.33. The first kappa shape index (κ1) is 25.5. The molecule has 0 atom stereocenters. The summed E-state index contributed by atoms with van der Waals surface area (Å²) in [7, 11) is 0. The number of imide groups is 1. The number of esters is 1. The van der Waals surface area contributed by atoms with Gasteiger partial charge in [0.1, 0.15) is 10.6 Å². The molecule has 1 aliphatic heterocycles. The van der Waals surface area contributed by atoms with E-state index in [0.29, 0.717) is 28.6 Å². The molecule has 3 aromatic rings. The number of ether oxygens (including phenoxy) is 1. The fourth-order valence-corrected chi connectivity index (χ4v) is 4.75. The van der Waals surface area contributed by atoms with Gasteiger partial charge in [-0.3, -0.25) is 9.59 Å². The van der Waals surface area contributed by atoms with Crippen LogP contribution >= 0.6 is 23.4 Å². The summed E-state index contributed by atoms with van der Waals surface area (Å²) in [6.45, 7) is 6.10. The monoisotopic (exact) mass is 520 g/mol. The number of hydrogen-bond acceptors (Lipinski definition) is 6. The number of carbonyl (C=O) groups is 3. The van der Waals surface area contributed by atoms with Gasteiger partial charge in [-0.2, -0.15) is 0 Å². The van der Waals surface area contributed by atoms with E-state index in [2.05, 4.69) is 5.32 Å². The maximum Gasteiger partial charge on any atom is 0.338 e. The lowest BCUT2D eigenvalue weighted by Gasteiger charge is -2.16. The van der Waals surface area contributed by atoms with Gasteiger partial charge in [0, 0.05) is 15.6 Å². The lowest BCUT2D eigenvalue weighted by molar-refractivity contribution is -0.120. The predicted molar refractivity (Wildman–Crippen MR) is 143 cm³/mol. The highest BCUT2D eigenvalue weighted by atomic mass is 35.5. The molecule has 6 nitrogen and oxygen atoms in total. The Kier molecular flexibility index (Phi) is 7.82. The molecule has 184 valence electrons. The van der Waals surface area contributed by atoms with Crippen LogP contribution in [0.2, 0.25) is 5.02 Å². The average molecular weight is 521 g/mol. The van der Waals surface area contributed by atoms with Crippen LogP contribution in [0.4, 0.5) is 11.4 Å². The number of rotatable bonds is 8. The number of carbonyl (C=O) groups excluding carboxylic acids is 3. The Morgan fingerprint density at radius 2 is 1.67 bits per heavy atom. The number of amides is 2. The molecule has 0 aliphatic carbocycles. The molecule has 1 N–H and O–H groups in total. The third kappa shape index (κ3) is 5.48. The SMILES string of the molecule is CCCOC(=O)c1ccc(N2C(=O)C(Nc3ccc(Cl)cc3C)=C(Sc3ccc(C)cc3)C2=O)cc1. The third-order valence-electron chi connectivity index (χ3n) is 5.53. The standard InChI is InChI=1S/C28H25ClN2O4S/c1-4-15-35-28(34)19-7-10-21(11-8-19)31-26(32)24(30-23-14-9-20(29)16-18(23)3)25(27(31)33)36-22-12-5-17(2)6-13-22/h5-14,16,30H,4,15H2,1-3H3. The van der Waals surface area contributed by atoms with Gasteiger partial charge in [-0.1, -0.05) is 48.0 Å². The van der Waals surface area contributed by atoms with E-state index in [4.69, 9.17) is 16.3 Å². The van der Waals surface area contributed by atoms with Gasteiger partial charge in [-0.05, 0) is 80.4 Å². The van der Waals surface area contributed by atoms with E-state index in [1.807, 2.05) is 45.0 Å². The van der Waals surface area contributed by atoms with Crippen molar-refractivity contribution >= 4 is 52.5 Å². The zero-order chi connectivity index (χ0) is 25.8. The summed E-state index contributed by atoms with van der Waals surface area (Å²) in [5.41, 5.74) is 3.50. The molecular formula is C28H25ClN2O4S. The van der Waals surface area contributed by atoms with Crippen LogP contribution in [0.3, 0.4) is 0 Å². The molecule has 2 amide bonds. The summed E-state index contributed by atoms with van der Waals surface area (Å²) in [5, 5.41) is 3.74. The third-order valence-corrected chi connectivity index (χ3v) is 6.85. The minimum Gasteiger partial charge on any atom is -0.462 e. The molecule has 36 heavy (non-hydrogen) atoms. The Morgan fingerprint density at radius 1 is 0.972 bits per heavy atom. The van der Waals surface area contributed by atoms with Crippen molar-refractivity contribution in [2.24, 2.45) is 0 Å². The molecular weight excluding hydrogens is 496 g/mol. The number of nitrogens with zero attached hydrogens (tertiary/aromatic N) is 1. The first-order chi connectivity index (χ1) is 17.3. The molecule has 1 aliphatic rings. The molecule has 4 rings (SSSR count). The van der Waals surface area contributed by atoms with Gasteiger partial charge in [0.15, 0.2) is 0 Å². The van der Waals surface area contributed by atoms with Crippen molar-refractivity contribution in [3.63, 3.8) is 0 Å².